The molecule has 7 nitrogen and oxygen atoms in total. The molecule has 3 rings (SSSR count). The van der Waals surface area contributed by atoms with Crippen LogP contribution in [0.15, 0.2) is 35.2 Å². The summed E-state index contributed by atoms with van der Waals surface area (Å²) in [4.78, 5) is 21.5. The lowest BCUT2D eigenvalue weighted by Gasteiger charge is -2.18. The first-order valence-electron chi connectivity index (χ1n) is 8.26. The van der Waals surface area contributed by atoms with Gasteiger partial charge in [0.1, 0.15) is 22.9 Å². The predicted octanol–water partition coefficient (Wildman–Crippen LogP) is 4.05. The minimum atomic E-state index is -1.58. The number of thiazole rings is 1. The van der Waals surface area contributed by atoms with Crippen molar-refractivity contribution in [2.24, 2.45) is 0 Å². The highest BCUT2D eigenvalue weighted by Gasteiger charge is 2.23. The Morgan fingerprint density at radius 1 is 1.39 bits per heavy atom. The fraction of sp³-hybridized carbons (Fsp3) is 0.278. The van der Waals surface area contributed by atoms with Crippen LogP contribution >= 0.6 is 27.3 Å². The van der Waals surface area contributed by atoms with E-state index in [0.29, 0.717) is 31.4 Å². The third-order valence-corrected chi connectivity index (χ3v) is 5.28. The van der Waals surface area contributed by atoms with E-state index in [1.54, 1.807) is 19.1 Å². The van der Waals surface area contributed by atoms with Crippen LogP contribution in [0.25, 0.3) is 5.13 Å². The topological polar surface area (TPSA) is 96.5 Å². The van der Waals surface area contributed by atoms with Gasteiger partial charge < -0.3 is 5.32 Å². The number of nitrogens with zero attached hydrogens (tertiary/aromatic N) is 5. The molecule has 2 aromatic heterocycles. The molecule has 3 aromatic rings. The van der Waals surface area contributed by atoms with E-state index in [-0.39, 0.29) is 5.91 Å². The Balaban J connectivity index is 1.84. The van der Waals surface area contributed by atoms with Crippen LogP contribution in [0, 0.1) is 11.3 Å². The van der Waals surface area contributed by atoms with E-state index in [1.165, 1.54) is 48.5 Å². The molecule has 2 heterocycles. The van der Waals surface area contributed by atoms with Gasteiger partial charge in [0.15, 0.2) is 5.82 Å². The molecule has 144 valence electrons. The van der Waals surface area contributed by atoms with E-state index in [1.807, 2.05) is 6.07 Å². The fourth-order valence-corrected chi connectivity index (χ4v) is 3.69. The second kappa shape index (κ2) is 7.77. The van der Waals surface area contributed by atoms with E-state index >= 15 is 0 Å². The molecule has 0 bridgehead atoms. The molecule has 0 fully saturated rings. The summed E-state index contributed by atoms with van der Waals surface area (Å²) in [6.07, 6.45) is 2.81. The summed E-state index contributed by atoms with van der Waals surface area (Å²) >= 11 is 4.50. The molecule has 0 radical (unpaired) electrons. The first-order chi connectivity index (χ1) is 13.2. The van der Waals surface area contributed by atoms with Gasteiger partial charge in [-0.25, -0.2) is 14.4 Å². The van der Waals surface area contributed by atoms with Crippen molar-refractivity contribution < 1.29 is 9.18 Å². The van der Waals surface area contributed by atoms with Crippen molar-refractivity contribution in [3.8, 4) is 11.2 Å². The maximum Gasteiger partial charge on any atom is 0.251 e. The zero-order valence-electron chi connectivity index (χ0n) is 15.3. The molecule has 28 heavy (non-hydrogen) atoms. The quantitative estimate of drug-likeness (QED) is 0.616. The Bertz CT molecular complexity index is 1060. The van der Waals surface area contributed by atoms with Crippen molar-refractivity contribution in [2.45, 2.75) is 32.5 Å². The number of carbonyl (C=O) groups excluding carboxylic acids is 1. The van der Waals surface area contributed by atoms with Gasteiger partial charge in [-0.15, -0.1) is 0 Å². The van der Waals surface area contributed by atoms with E-state index < -0.39 is 11.7 Å². The summed E-state index contributed by atoms with van der Waals surface area (Å²) in [6.45, 7) is 4.63. The number of carbonyl (C=O) groups is 1. The van der Waals surface area contributed by atoms with Crippen molar-refractivity contribution in [1.82, 2.24) is 25.1 Å². The predicted molar refractivity (Wildman–Crippen MR) is 106 cm³/mol. The van der Waals surface area contributed by atoms with Crippen LogP contribution in [-0.4, -0.2) is 25.7 Å². The molecule has 1 atom stereocenters. The van der Waals surface area contributed by atoms with Gasteiger partial charge >= 0.3 is 0 Å². The van der Waals surface area contributed by atoms with Crippen molar-refractivity contribution in [2.75, 3.05) is 0 Å². The molecular weight excluding hydrogens is 447 g/mol. The van der Waals surface area contributed by atoms with Gasteiger partial charge in [-0.1, -0.05) is 27.3 Å². The summed E-state index contributed by atoms with van der Waals surface area (Å²) < 4.78 is 16.4. The first-order valence-corrected chi connectivity index (χ1v) is 9.87. The molecule has 1 aromatic carbocycles. The second-order valence-electron chi connectivity index (χ2n) is 6.55. The number of rotatable bonds is 5. The van der Waals surface area contributed by atoms with Gasteiger partial charge in [0.05, 0.1) is 12.2 Å². The third kappa shape index (κ3) is 4.26. The van der Waals surface area contributed by atoms with Crippen molar-refractivity contribution in [3.05, 3.63) is 57.0 Å². The Morgan fingerprint density at radius 3 is 2.79 bits per heavy atom. The van der Waals surface area contributed by atoms with E-state index in [2.05, 4.69) is 36.3 Å². The molecule has 0 aliphatic carbocycles. The third-order valence-electron chi connectivity index (χ3n) is 3.94. The number of nitrogens with one attached hydrogen (secondary N) is 1. The molecule has 0 unspecified atom stereocenters. The van der Waals surface area contributed by atoms with E-state index in [0.717, 1.165) is 0 Å². The SMILES string of the molecule is C[C@H](NC(=O)c1cc(Br)cc(C(C)(C)F)c1)c1ncnn1-c1ncc(C#N)s1. The summed E-state index contributed by atoms with van der Waals surface area (Å²) in [5.41, 5.74) is -0.850. The van der Waals surface area contributed by atoms with Crippen molar-refractivity contribution in [1.29, 1.82) is 5.26 Å². The van der Waals surface area contributed by atoms with Crippen LogP contribution in [0.4, 0.5) is 4.39 Å². The number of hydrogen-bond donors (Lipinski definition) is 1. The van der Waals surface area contributed by atoms with Gasteiger partial charge in [0.25, 0.3) is 5.91 Å². The van der Waals surface area contributed by atoms with E-state index in [4.69, 9.17) is 5.26 Å². The number of amides is 1. The lowest BCUT2D eigenvalue weighted by Crippen LogP contribution is -2.29. The number of halogens is 2. The minimum absolute atomic E-state index is 0.328. The fourth-order valence-electron chi connectivity index (χ4n) is 2.52. The summed E-state index contributed by atoms with van der Waals surface area (Å²) in [5, 5.41) is 16.4. The molecule has 1 amide bonds. The first kappa shape index (κ1) is 20.1. The van der Waals surface area contributed by atoms with Crippen LogP contribution in [0.1, 0.15) is 53.4 Å². The number of alkyl halides is 1. The molecule has 0 saturated heterocycles. The van der Waals surface area contributed by atoms with E-state index in [9.17, 15) is 9.18 Å². The van der Waals surface area contributed by atoms with Crippen LogP contribution in [0.5, 0.6) is 0 Å². The van der Waals surface area contributed by atoms with Crippen LogP contribution < -0.4 is 5.32 Å². The average molecular weight is 463 g/mol. The highest BCUT2D eigenvalue weighted by molar-refractivity contribution is 9.10. The maximum atomic E-state index is 14.3. The number of nitriles is 1. The smallest absolute Gasteiger partial charge is 0.251 e. The Kier molecular flexibility index (Phi) is 5.58. The minimum Gasteiger partial charge on any atom is -0.342 e. The van der Waals surface area contributed by atoms with Crippen LogP contribution in [0.3, 0.4) is 0 Å². The number of benzene rings is 1. The molecular formula is C18H16BrFN6OS. The van der Waals surface area contributed by atoms with Crippen LogP contribution in [-0.2, 0) is 5.67 Å². The lowest BCUT2D eigenvalue weighted by atomic mass is 9.98. The molecule has 0 saturated carbocycles. The lowest BCUT2D eigenvalue weighted by molar-refractivity contribution is 0.0937. The molecule has 10 heteroatoms. The summed E-state index contributed by atoms with van der Waals surface area (Å²) in [7, 11) is 0. The zero-order valence-corrected chi connectivity index (χ0v) is 17.7. The largest absolute Gasteiger partial charge is 0.342 e. The number of hydrogen-bond acceptors (Lipinski definition) is 6. The van der Waals surface area contributed by atoms with Gasteiger partial charge in [0, 0.05) is 10.0 Å². The molecule has 0 aliphatic heterocycles. The normalized spacial score (nSPS) is 12.4. The van der Waals surface area contributed by atoms with Crippen LogP contribution in [0.2, 0.25) is 0 Å². The Hall–Kier alpha value is -2.64. The number of aromatic nitrogens is 4. The molecule has 1 N–H and O–H groups in total. The summed E-state index contributed by atoms with van der Waals surface area (Å²) in [6, 6.07) is 6.33. The van der Waals surface area contributed by atoms with Gasteiger partial charge in [-0.2, -0.15) is 15.0 Å². The monoisotopic (exact) mass is 462 g/mol. The second-order valence-corrected chi connectivity index (χ2v) is 8.47. The Morgan fingerprint density at radius 2 is 2.14 bits per heavy atom. The highest BCUT2D eigenvalue weighted by Crippen LogP contribution is 2.28. The van der Waals surface area contributed by atoms with Gasteiger partial charge in [-0.05, 0) is 44.5 Å². The highest BCUT2D eigenvalue weighted by atomic mass is 79.9. The van der Waals surface area contributed by atoms with Crippen molar-refractivity contribution >= 4 is 33.2 Å². The standard InChI is InChI=1S/C18H16BrFN6OS/c1-10(15-23-9-24-26(15)17-22-8-14(7-21)28-17)25-16(27)11-4-12(18(2,3)20)6-13(19)5-11/h4-6,8-10H,1-3H3,(H,25,27)/t10-/m0/s1. The molecule has 0 aliphatic rings. The van der Waals surface area contributed by atoms with Crippen molar-refractivity contribution in [3.63, 3.8) is 0 Å². The Labute approximate surface area is 173 Å². The average Bonchev–Trinajstić information content (AvgIpc) is 3.29. The summed E-state index contributed by atoms with van der Waals surface area (Å²) in [5.74, 6) is 0.0962. The van der Waals surface area contributed by atoms with Gasteiger partial charge in [-0.3, -0.25) is 4.79 Å². The molecule has 0 spiro atoms. The zero-order chi connectivity index (χ0) is 20.5. The van der Waals surface area contributed by atoms with Gasteiger partial charge in [0.2, 0.25) is 5.13 Å². The maximum absolute atomic E-state index is 14.3.